The minimum Gasteiger partial charge on any atom is -0.393 e. The normalized spacial score (nSPS) is 25.1. The molecule has 1 rings (SSSR count). The maximum absolute atomic E-state index is 12.9. The summed E-state index contributed by atoms with van der Waals surface area (Å²) in [6.45, 7) is 3.57. The molecule has 0 bridgehead atoms. The minimum atomic E-state index is -5.13. The van der Waals surface area contributed by atoms with Crippen molar-refractivity contribution in [3.8, 4) is 0 Å². The van der Waals surface area contributed by atoms with Gasteiger partial charge in [-0.05, 0) is 25.7 Å². The minimum absolute atomic E-state index is 0.250. The molecule has 0 aromatic carbocycles. The quantitative estimate of drug-likeness (QED) is 0.0243. The summed E-state index contributed by atoms with van der Waals surface area (Å²) in [5.41, 5.74) is 0. The van der Waals surface area contributed by atoms with E-state index in [-0.39, 0.29) is 6.42 Å². The number of phosphoric ester groups is 1. The van der Waals surface area contributed by atoms with Crippen molar-refractivity contribution >= 4 is 13.7 Å². The largest absolute Gasteiger partial charge is 0.472 e. The molecule has 8 atom stereocenters. The van der Waals surface area contributed by atoms with Crippen molar-refractivity contribution in [3.63, 3.8) is 0 Å². The summed E-state index contributed by atoms with van der Waals surface area (Å²) < 4.78 is 22.6. The van der Waals surface area contributed by atoms with Crippen molar-refractivity contribution in [1.29, 1.82) is 0 Å². The highest BCUT2D eigenvalue weighted by Gasteiger charge is 2.51. The Morgan fingerprint density at radius 1 is 0.660 bits per heavy atom. The van der Waals surface area contributed by atoms with Crippen LogP contribution < -0.4 is 5.32 Å². The molecule has 1 amide bonds. The highest BCUT2D eigenvalue weighted by Crippen LogP contribution is 2.47. The van der Waals surface area contributed by atoms with E-state index < -0.39 is 75.2 Å². The van der Waals surface area contributed by atoms with Gasteiger partial charge in [0.05, 0.1) is 31.3 Å². The number of rotatable bonds is 32. The second-order valence-corrected chi connectivity index (χ2v) is 16.1. The van der Waals surface area contributed by atoms with Crippen LogP contribution in [0.2, 0.25) is 0 Å². The van der Waals surface area contributed by atoms with Crippen LogP contribution in [0.3, 0.4) is 0 Å². The van der Waals surface area contributed by atoms with E-state index in [0.29, 0.717) is 12.8 Å². The van der Waals surface area contributed by atoms with Crippen molar-refractivity contribution in [2.24, 2.45) is 0 Å². The number of aliphatic hydroxyl groups is 7. The van der Waals surface area contributed by atoms with Gasteiger partial charge in [0.15, 0.2) is 0 Å². The van der Waals surface area contributed by atoms with Crippen LogP contribution >= 0.6 is 7.82 Å². The lowest BCUT2D eigenvalue weighted by atomic mass is 9.85. The molecule has 14 heteroatoms. The van der Waals surface area contributed by atoms with Gasteiger partial charge < -0.3 is 46.0 Å². The average Bonchev–Trinajstić information content (AvgIpc) is 3.12. The van der Waals surface area contributed by atoms with Crippen molar-refractivity contribution in [2.45, 2.75) is 210 Å². The molecule has 1 aliphatic rings. The molecule has 1 aliphatic carbocycles. The Morgan fingerprint density at radius 2 is 1.11 bits per heavy atom. The molecule has 9 N–H and O–H groups in total. The Bertz CT molecular complexity index is 1020. The highest BCUT2D eigenvalue weighted by atomic mass is 31.2. The van der Waals surface area contributed by atoms with Gasteiger partial charge in [0.25, 0.3) is 0 Å². The number of aliphatic hydroxyl groups excluding tert-OH is 7. The molecular weight excluding hydrogens is 705 g/mol. The highest BCUT2D eigenvalue weighted by molar-refractivity contribution is 7.47. The van der Waals surface area contributed by atoms with Gasteiger partial charge >= 0.3 is 7.82 Å². The summed E-state index contributed by atoms with van der Waals surface area (Å²) in [5, 5.41) is 73.8. The smallest absolute Gasteiger partial charge is 0.393 e. The summed E-state index contributed by atoms with van der Waals surface area (Å²) in [4.78, 5) is 23.2. The Kier molecular flexibility index (Phi) is 28.2. The molecule has 0 saturated heterocycles. The molecule has 0 aliphatic heterocycles. The standard InChI is InChI=1S/C39H74NO12P/c1-3-5-7-9-11-12-13-14-15-16-17-18-19-21-22-24-26-30(41)28-33(43)40-31(32(42)27-25-23-20-10-8-6-4-2)29-51-53(49,50)52-39-37(47)35(45)34(44)36(46)38(39)48/h8,10,25,27,30-32,34-39,41-42,44-48H,3-7,9,11-24,26,28-29H2,1-2H3,(H,40,43)(H,49,50)/b10-8+,27-25+. The van der Waals surface area contributed by atoms with Gasteiger partial charge in [0.1, 0.15) is 36.6 Å². The van der Waals surface area contributed by atoms with Crippen molar-refractivity contribution in [3.05, 3.63) is 24.3 Å². The van der Waals surface area contributed by atoms with Gasteiger partial charge in [-0.15, -0.1) is 0 Å². The van der Waals surface area contributed by atoms with E-state index in [4.69, 9.17) is 9.05 Å². The number of phosphoric acid groups is 1. The Morgan fingerprint density at radius 3 is 1.62 bits per heavy atom. The molecule has 0 aromatic rings. The van der Waals surface area contributed by atoms with Crippen LogP contribution in [0.25, 0.3) is 0 Å². The molecule has 13 nitrogen and oxygen atoms in total. The van der Waals surface area contributed by atoms with Crippen LogP contribution in [0.1, 0.15) is 155 Å². The summed E-state index contributed by atoms with van der Waals surface area (Å²) in [6.07, 6.45) is 16.2. The lowest BCUT2D eigenvalue weighted by Gasteiger charge is -2.41. The number of amides is 1. The summed E-state index contributed by atoms with van der Waals surface area (Å²) >= 11 is 0. The van der Waals surface area contributed by atoms with E-state index in [1.54, 1.807) is 6.08 Å². The fraction of sp³-hybridized carbons (Fsp3) is 0.872. The lowest BCUT2D eigenvalue weighted by molar-refractivity contribution is -0.220. The first-order chi connectivity index (χ1) is 25.3. The first-order valence-electron chi connectivity index (χ1n) is 20.4. The number of allylic oxidation sites excluding steroid dienone is 3. The van der Waals surface area contributed by atoms with Gasteiger partial charge in [0, 0.05) is 0 Å². The van der Waals surface area contributed by atoms with Gasteiger partial charge in [-0.1, -0.05) is 147 Å². The van der Waals surface area contributed by atoms with Crippen LogP contribution in [-0.4, -0.2) is 108 Å². The van der Waals surface area contributed by atoms with Crippen LogP contribution in [0.4, 0.5) is 0 Å². The zero-order chi connectivity index (χ0) is 39.5. The zero-order valence-electron chi connectivity index (χ0n) is 32.4. The molecule has 312 valence electrons. The van der Waals surface area contributed by atoms with Gasteiger partial charge in [-0.25, -0.2) is 4.57 Å². The Balaban J connectivity index is 2.51. The maximum Gasteiger partial charge on any atom is 0.472 e. The van der Waals surface area contributed by atoms with Crippen molar-refractivity contribution in [1.82, 2.24) is 5.32 Å². The number of hydrogen-bond donors (Lipinski definition) is 9. The number of nitrogens with one attached hydrogen (secondary N) is 1. The Hall–Kier alpha value is -1.22. The van der Waals surface area contributed by atoms with E-state index >= 15 is 0 Å². The summed E-state index contributed by atoms with van der Waals surface area (Å²) in [6, 6.07) is -1.25. The van der Waals surface area contributed by atoms with E-state index in [1.807, 2.05) is 6.08 Å². The van der Waals surface area contributed by atoms with E-state index in [2.05, 4.69) is 25.2 Å². The molecule has 0 radical (unpaired) electrons. The third-order valence-corrected chi connectivity index (χ3v) is 10.8. The third kappa shape index (κ3) is 22.8. The number of hydrogen-bond acceptors (Lipinski definition) is 11. The number of unbranched alkanes of at least 4 members (excludes halogenated alkanes) is 17. The SMILES string of the molecule is CCC/C=C/CC/C=C/C(O)C(COP(=O)(O)OC1C(O)C(O)C(O)C(O)C1O)NC(=O)CC(O)CCCCCCCCCCCCCCCCCC. The summed E-state index contributed by atoms with van der Waals surface area (Å²) in [7, 11) is -5.13. The molecule has 1 saturated carbocycles. The van der Waals surface area contributed by atoms with Crippen molar-refractivity contribution in [2.75, 3.05) is 6.61 Å². The van der Waals surface area contributed by atoms with Crippen LogP contribution in [0.15, 0.2) is 24.3 Å². The molecule has 0 aromatic heterocycles. The fourth-order valence-corrected chi connectivity index (χ4v) is 7.35. The van der Waals surface area contributed by atoms with Gasteiger partial charge in [0.2, 0.25) is 5.91 Å². The number of carbonyl (C=O) groups excluding carboxylic acids is 1. The van der Waals surface area contributed by atoms with E-state index in [9.17, 15) is 50.0 Å². The molecule has 1 fully saturated rings. The fourth-order valence-electron chi connectivity index (χ4n) is 6.38. The zero-order valence-corrected chi connectivity index (χ0v) is 33.3. The molecule has 0 heterocycles. The van der Waals surface area contributed by atoms with Crippen LogP contribution in [-0.2, 0) is 18.4 Å². The predicted octanol–water partition coefficient (Wildman–Crippen LogP) is 5.25. The predicted molar refractivity (Wildman–Crippen MR) is 206 cm³/mol. The van der Waals surface area contributed by atoms with E-state index in [1.165, 1.54) is 83.1 Å². The number of carbonyl (C=O) groups is 1. The lowest BCUT2D eigenvalue weighted by Crippen LogP contribution is -2.64. The Labute approximate surface area is 318 Å². The molecule has 0 spiro atoms. The van der Waals surface area contributed by atoms with Crippen molar-refractivity contribution < 1.29 is 59.0 Å². The van der Waals surface area contributed by atoms with Crippen LogP contribution in [0, 0.1) is 0 Å². The summed E-state index contributed by atoms with van der Waals surface area (Å²) in [5.74, 6) is -0.607. The first-order valence-corrected chi connectivity index (χ1v) is 21.9. The monoisotopic (exact) mass is 779 g/mol. The second kappa shape index (κ2) is 30.0. The maximum atomic E-state index is 12.9. The van der Waals surface area contributed by atoms with Gasteiger partial charge in [-0.2, -0.15) is 0 Å². The van der Waals surface area contributed by atoms with Gasteiger partial charge in [-0.3, -0.25) is 13.8 Å². The molecule has 8 unspecified atom stereocenters. The second-order valence-electron chi connectivity index (χ2n) is 14.7. The average molecular weight is 780 g/mol. The molecule has 53 heavy (non-hydrogen) atoms. The first kappa shape index (κ1) is 49.8. The van der Waals surface area contributed by atoms with Crippen LogP contribution in [0.5, 0.6) is 0 Å². The van der Waals surface area contributed by atoms with E-state index in [0.717, 1.165) is 44.9 Å². The topological polar surface area (TPSA) is 226 Å². The third-order valence-electron chi connectivity index (χ3n) is 9.77. The molecular formula is C39H74NO12P.